The summed E-state index contributed by atoms with van der Waals surface area (Å²) in [6.07, 6.45) is 0. The van der Waals surface area contributed by atoms with Crippen LogP contribution in [0.4, 0.5) is 18.9 Å². The third kappa shape index (κ3) is 2.27. The van der Waals surface area contributed by atoms with Crippen molar-refractivity contribution in [3.05, 3.63) is 23.5 Å². The Kier molecular flexibility index (Phi) is 2.65. The van der Waals surface area contributed by atoms with Crippen LogP contribution in [0.25, 0.3) is 0 Å². The van der Waals surface area contributed by atoms with Gasteiger partial charge in [0.1, 0.15) is 5.82 Å². The van der Waals surface area contributed by atoms with Crippen LogP contribution in [0, 0.1) is 12.7 Å². The van der Waals surface area contributed by atoms with Crippen molar-refractivity contribution in [1.82, 2.24) is 0 Å². The van der Waals surface area contributed by atoms with E-state index in [0.717, 1.165) is 12.1 Å². The van der Waals surface area contributed by atoms with Gasteiger partial charge in [-0.1, -0.05) is 0 Å². The van der Waals surface area contributed by atoms with Crippen LogP contribution in [0.5, 0.6) is 5.75 Å². The van der Waals surface area contributed by atoms with E-state index in [4.69, 9.17) is 5.73 Å². The lowest BCUT2D eigenvalue weighted by molar-refractivity contribution is -0.0494. The van der Waals surface area contributed by atoms with E-state index >= 15 is 0 Å². The molecule has 72 valence electrons. The zero-order chi connectivity index (χ0) is 10.0. The minimum Gasteiger partial charge on any atom is -0.433 e. The second kappa shape index (κ2) is 3.55. The van der Waals surface area contributed by atoms with Crippen LogP contribution in [0.15, 0.2) is 12.1 Å². The van der Waals surface area contributed by atoms with Crippen molar-refractivity contribution in [2.45, 2.75) is 13.5 Å². The molecular formula is C8H8F3NO. The van der Waals surface area contributed by atoms with Crippen LogP contribution in [-0.4, -0.2) is 6.61 Å². The molecule has 0 aliphatic carbocycles. The largest absolute Gasteiger partial charge is 0.433 e. The molecule has 1 rings (SSSR count). The molecule has 0 heterocycles. The molecule has 2 N–H and O–H groups in total. The molecule has 1 aromatic carbocycles. The van der Waals surface area contributed by atoms with Gasteiger partial charge < -0.3 is 10.5 Å². The van der Waals surface area contributed by atoms with E-state index in [0.29, 0.717) is 5.56 Å². The summed E-state index contributed by atoms with van der Waals surface area (Å²) in [5, 5.41) is 0. The molecule has 0 aliphatic heterocycles. The summed E-state index contributed by atoms with van der Waals surface area (Å²) in [5.74, 6) is -0.977. The summed E-state index contributed by atoms with van der Waals surface area (Å²) in [5.41, 5.74) is 5.78. The molecule has 0 radical (unpaired) electrons. The first-order valence-corrected chi connectivity index (χ1v) is 3.51. The van der Waals surface area contributed by atoms with Crippen molar-refractivity contribution in [2.75, 3.05) is 5.73 Å². The van der Waals surface area contributed by atoms with Crippen molar-refractivity contribution in [2.24, 2.45) is 0 Å². The van der Waals surface area contributed by atoms with E-state index in [1.165, 1.54) is 6.92 Å². The van der Waals surface area contributed by atoms with Gasteiger partial charge in [0.2, 0.25) is 0 Å². The monoisotopic (exact) mass is 191 g/mol. The maximum Gasteiger partial charge on any atom is 0.387 e. The molecule has 0 saturated heterocycles. The minimum absolute atomic E-state index is 0.0294. The third-order valence-corrected chi connectivity index (χ3v) is 1.53. The molecule has 13 heavy (non-hydrogen) atoms. The van der Waals surface area contributed by atoms with E-state index in [1.54, 1.807) is 0 Å². The lowest BCUT2D eigenvalue weighted by Gasteiger charge is -2.09. The molecule has 0 saturated carbocycles. The smallest absolute Gasteiger partial charge is 0.387 e. The van der Waals surface area contributed by atoms with Crippen LogP contribution in [0.1, 0.15) is 5.56 Å². The summed E-state index contributed by atoms with van der Waals surface area (Å²) >= 11 is 0. The van der Waals surface area contributed by atoms with E-state index < -0.39 is 12.4 Å². The summed E-state index contributed by atoms with van der Waals surface area (Å²) in [4.78, 5) is 0. The first kappa shape index (κ1) is 9.70. The average Bonchev–Trinajstić information content (AvgIpc) is 1.98. The lowest BCUT2D eigenvalue weighted by Crippen LogP contribution is -2.05. The number of hydrogen-bond donors (Lipinski definition) is 1. The first-order valence-electron chi connectivity index (χ1n) is 3.51. The van der Waals surface area contributed by atoms with E-state index in [9.17, 15) is 13.2 Å². The Morgan fingerprint density at radius 1 is 1.38 bits per heavy atom. The third-order valence-electron chi connectivity index (χ3n) is 1.53. The van der Waals surface area contributed by atoms with Gasteiger partial charge in [0.15, 0.2) is 5.75 Å². The highest BCUT2D eigenvalue weighted by Gasteiger charge is 2.10. The number of aryl methyl sites for hydroxylation is 1. The standard InChI is InChI=1S/C8H8F3NO/c1-4-2-5(9)3-6(7(4)12)13-8(10)11/h2-3,8H,12H2,1H3. The number of nitrogens with two attached hydrogens (primary N) is 1. The van der Waals surface area contributed by atoms with Gasteiger partial charge >= 0.3 is 6.61 Å². The highest BCUT2D eigenvalue weighted by Crippen LogP contribution is 2.27. The van der Waals surface area contributed by atoms with Gasteiger partial charge in [-0.15, -0.1) is 0 Å². The van der Waals surface area contributed by atoms with Crippen molar-refractivity contribution >= 4 is 5.69 Å². The number of ether oxygens (including phenoxy) is 1. The second-order valence-electron chi connectivity index (χ2n) is 2.51. The van der Waals surface area contributed by atoms with Gasteiger partial charge in [-0.2, -0.15) is 8.78 Å². The van der Waals surface area contributed by atoms with E-state index in [2.05, 4.69) is 4.74 Å². The predicted octanol–water partition coefficient (Wildman–Crippen LogP) is 2.32. The maximum absolute atomic E-state index is 12.7. The van der Waals surface area contributed by atoms with Gasteiger partial charge in [0.05, 0.1) is 5.69 Å². The summed E-state index contributed by atoms with van der Waals surface area (Å²) in [7, 11) is 0. The van der Waals surface area contributed by atoms with Gasteiger partial charge in [0, 0.05) is 6.07 Å². The number of hydrogen-bond acceptors (Lipinski definition) is 2. The van der Waals surface area contributed by atoms with E-state index in [-0.39, 0.29) is 11.4 Å². The molecule has 0 aromatic heterocycles. The number of nitrogen functional groups attached to an aromatic ring is 1. The zero-order valence-electron chi connectivity index (χ0n) is 6.85. The lowest BCUT2D eigenvalue weighted by atomic mass is 10.2. The van der Waals surface area contributed by atoms with Crippen molar-refractivity contribution in [3.8, 4) is 5.75 Å². The Hall–Kier alpha value is -1.39. The predicted molar refractivity (Wildman–Crippen MR) is 42.2 cm³/mol. The zero-order valence-corrected chi connectivity index (χ0v) is 6.85. The number of rotatable bonds is 2. The molecule has 0 atom stereocenters. The second-order valence-corrected chi connectivity index (χ2v) is 2.51. The fourth-order valence-electron chi connectivity index (χ4n) is 0.917. The molecule has 0 bridgehead atoms. The number of benzene rings is 1. The number of alkyl halides is 2. The Balaban J connectivity index is 3.05. The van der Waals surface area contributed by atoms with Crippen LogP contribution >= 0.6 is 0 Å². The van der Waals surface area contributed by atoms with Crippen LogP contribution in [0.2, 0.25) is 0 Å². The highest BCUT2D eigenvalue weighted by molar-refractivity contribution is 5.58. The molecule has 2 nitrogen and oxygen atoms in total. The number of anilines is 1. The molecule has 0 aliphatic rings. The van der Waals surface area contributed by atoms with Gasteiger partial charge in [-0.3, -0.25) is 0 Å². The van der Waals surface area contributed by atoms with Crippen molar-refractivity contribution in [3.63, 3.8) is 0 Å². The quantitative estimate of drug-likeness (QED) is 0.728. The number of halogens is 3. The van der Waals surface area contributed by atoms with Crippen LogP contribution in [0.3, 0.4) is 0 Å². The van der Waals surface area contributed by atoms with E-state index in [1.807, 2.05) is 0 Å². The fraction of sp³-hybridized carbons (Fsp3) is 0.250. The molecule has 0 amide bonds. The summed E-state index contributed by atoms with van der Waals surface area (Å²) in [6.45, 7) is -1.49. The van der Waals surface area contributed by atoms with Crippen molar-refractivity contribution in [1.29, 1.82) is 0 Å². The average molecular weight is 191 g/mol. The minimum atomic E-state index is -3.00. The molecular weight excluding hydrogens is 183 g/mol. The summed E-state index contributed by atoms with van der Waals surface area (Å²) in [6, 6.07) is 1.97. The van der Waals surface area contributed by atoms with Gasteiger partial charge in [-0.25, -0.2) is 4.39 Å². The summed E-state index contributed by atoms with van der Waals surface area (Å²) < 4.78 is 40.2. The molecule has 5 heteroatoms. The first-order chi connectivity index (χ1) is 6.00. The Morgan fingerprint density at radius 2 is 2.00 bits per heavy atom. The molecule has 1 aromatic rings. The fourth-order valence-corrected chi connectivity index (χ4v) is 0.917. The highest BCUT2D eigenvalue weighted by atomic mass is 19.3. The molecule has 0 unspecified atom stereocenters. The van der Waals surface area contributed by atoms with Gasteiger partial charge in [0.25, 0.3) is 0 Å². The Morgan fingerprint density at radius 3 is 2.54 bits per heavy atom. The van der Waals surface area contributed by atoms with Crippen LogP contribution < -0.4 is 10.5 Å². The van der Waals surface area contributed by atoms with Crippen LogP contribution in [-0.2, 0) is 0 Å². The van der Waals surface area contributed by atoms with Gasteiger partial charge in [-0.05, 0) is 18.6 Å². The maximum atomic E-state index is 12.7. The van der Waals surface area contributed by atoms with Crippen molar-refractivity contribution < 1.29 is 17.9 Å². The molecule has 0 spiro atoms. The Bertz CT molecular complexity index is 315. The normalized spacial score (nSPS) is 10.5. The topological polar surface area (TPSA) is 35.2 Å². The molecule has 0 fully saturated rings. The Labute approximate surface area is 73.1 Å². The SMILES string of the molecule is Cc1cc(F)cc(OC(F)F)c1N.